The topological polar surface area (TPSA) is 83.1 Å². The standard InChI is InChI=1S/C15H18N4O2/c1-10(14(20)19-15(21)16-2)18-9-12-6-3-5-11-7-4-8-17-13(11)12/h3-8,10,18H,9H2,1-2H3,(H2,16,19,20,21). The van der Waals surface area contributed by atoms with Crippen molar-refractivity contribution in [3.8, 4) is 0 Å². The van der Waals surface area contributed by atoms with E-state index in [0.29, 0.717) is 6.54 Å². The van der Waals surface area contributed by atoms with Crippen LogP contribution in [0.4, 0.5) is 4.79 Å². The molecule has 0 aliphatic heterocycles. The van der Waals surface area contributed by atoms with Gasteiger partial charge in [0.2, 0.25) is 5.91 Å². The summed E-state index contributed by atoms with van der Waals surface area (Å²) in [5, 5.41) is 8.72. The average Bonchev–Trinajstić information content (AvgIpc) is 2.52. The second kappa shape index (κ2) is 6.81. The van der Waals surface area contributed by atoms with Crippen molar-refractivity contribution in [2.24, 2.45) is 0 Å². The predicted molar refractivity (Wildman–Crippen MR) is 80.6 cm³/mol. The van der Waals surface area contributed by atoms with Gasteiger partial charge in [0.15, 0.2) is 0 Å². The Morgan fingerprint density at radius 1 is 1.24 bits per heavy atom. The number of carbonyl (C=O) groups is 2. The van der Waals surface area contributed by atoms with Gasteiger partial charge in [0.1, 0.15) is 0 Å². The Hall–Kier alpha value is -2.47. The van der Waals surface area contributed by atoms with Gasteiger partial charge in [-0.3, -0.25) is 15.1 Å². The van der Waals surface area contributed by atoms with E-state index in [1.807, 2.05) is 30.3 Å². The van der Waals surface area contributed by atoms with Gasteiger partial charge in [-0.15, -0.1) is 0 Å². The van der Waals surface area contributed by atoms with Crippen molar-refractivity contribution >= 4 is 22.8 Å². The van der Waals surface area contributed by atoms with Crippen molar-refractivity contribution in [2.45, 2.75) is 19.5 Å². The molecule has 2 aromatic rings. The summed E-state index contributed by atoms with van der Waals surface area (Å²) >= 11 is 0. The minimum absolute atomic E-state index is 0.373. The number of hydrogen-bond donors (Lipinski definition) is 3. The zero-order valence-electron chi connectivity index (χ0n) is 12.0. The number of aromatic nitrogens is 1. The van der Waals surface area contributed by atoms with E-state index < -0.39 is 12.1 Å². The summed E-state index contributed by atoms with van der Waals surface area (Å²) in [7, 11) is 1.46. The molecule has 6 nitrogen and oxygen atoms in total. The number of rotatable bonds is 4. The Kier molecular flexibility index (Phi) is 4.84. The highest BCUT2D eigenvalue weighted by Gasteiger charge is 2.14. The van der Waals surface area contributed by atoms with E-state index >= 15 is 0 Å². The highest BCUT2D eigenvalue weighted by Crippen LogP contribution is 2.15. The molecule has 2 rings (SSSR count). The van der Waals surface area contributed by atoms with E-state index in [1.54, 1.807) is 13.1 Å². The van der Waals surface area contributed by atoms with Crippen LogP contribution in [0, 0.1) is 0 Å². The summed E-state index contributed by atoms with van der Waals surface area (Å²) in [5.74, 6) is -0.373. The van der Waals surface area contributed by atoms with Crippen LogP contribution in [0.1, 0.15) is 12.5 Å². The fraction of sp³-hybridized carbons (Fsp3) is 0.267. The maximum atomic E-state index is 11.7. The number of imide groups is 1. The number of urea groups is 1. The molecule has 0 fully saturated rings. The van der Waals surface area contributed by atoms with Gasteiger partial charge in [-0.05, 0) is 18.6 Å². The first-order valence-corrected chi connectivity index (χ1v) is 6.70. The lowest BCUT2D eigenvalue weighted by Crippen LogP contribution is -2.47. The van der Waals surface area contributed by atoms with Crippen LogP contribution < -0.4 is 16.0 Å². The second-order valence-electron chi connectivity index (χ2n) is 4.66. The molecule has 1 aromatic carbocycles. The van der Waals surface area contributed by atoms with Crippen LogP contribution in [-0.4, -0.2) is 30.0 Å². The van der Waals surface area contributed by atoms with Crippen molar-refractivity contribution in [2.75, 3.05) is 7.05 Å². The molecule has 0 aliphatic carbocycles. The fourth-order valence-corrected chi connectivity index (χ4v) is 1.95. The van der Waals surface area contributed by atoms with Crippen molar-refractivity contribution in [1.29, 1.82) is 0 Å². The Morgan fingerprint density at radius 2 is 2.00 bits per heavy atom. The average molecular weight is 286 g/mol. The number of carbonyl (C=O) groups excluding carboxylic acids is 2. The fourth-order valence-electron chi connectivity index (χ4n) is 1.95. The first kappa shape index (κ1) is 14.9. The number of hydrogen-bond acceptors (Lipinski definition) is 4. The monoisotopic (exact) mass is 286 g/mol. The van der Waals surface area contributed by atoms with Gasteiger partial charge < -0.3 is 10.6 Å². The third kappa shape index (κ3) is 3.76. The van der Waals surface area contributed by atoms with Gasteiger partial charge in [0.05, 0.1) is 11.6 Å². The summed E-state index contributed by atoms with van der Waals surface area (Å²) in [5.41, 5.74) is 1.92. The molecule has 110 valence electrons. The van der Waals surface area contributed by atoms with E-state index in [-0.39, 0.29) is 5.91 Å². The molecule has 3 N–H and O–H groups in total. The molecule has 21 heavy (non-hydrogen) atoms. The highest BCUT2D eigenvalue weighted by atomic mass is 16.2. The van der Waals surface area contributed by atoms with Gasteiger partial charge in [-0.2, -0.15) is 0 Å². The van der Waals surface area contributed by atoms with E-state index in [9.17, 15) is 9.59 Å². The summed E-state index contributed by atoms with van der Waals surface area (Å²) < 4.78 is 0. The van der Waals surface area contributed by atoms with Gasteiger partial charge in [-0.25, -0.2) is 4.79 Å². The number of pyridine rings is 1. The van der Waals surface area contributed by atoms with Crippen LogP contribution in [0.15, 0.2) is 36.5 Å². The predicted octanol–water partition coefficient (Wildman–Crippen LogP) is 1.17. The zero-order valence-corrected chi connectivity index (χ0v) is 12.0. The minimum Gasteiger partial charge on any atom is -0.341 e. The SMILES string of the molecule is CNC(=O)NC(=O)C(C)NCc1cccc2cccnc12. The molecule has 0 radical (unpaired) electrons. The van der Waals surface area contributed by atoms with E-state index in [2.05, 4.69) is 20.9 Å². The molecule has 0 aliphatic rings. The van der Waals surface area contributed by atoms with Crippen molar-refractivity contribution in [1.82, 2.24) is 20.9 Å². The molecule has 0 spiro atoms. The van der Waals surface area contributed by atoms with Crippen molar-refractivity contribution in [3.63, 3.8) is 0 Å². The van der Waals surface area contributed by atoms with Crippen LogP contribution in [0.2, 0.25) is 0 Å². The Labute approximate surface area is 122 Å². The Balaban J connectivity index is 2.01. The number of fused-ring (bicyclic) bond motifs is 1. The van der Waals surface area contributed by atoms with Crippen LogP contribution in [0.3, 0.4) is 0 Å². The summed E-state index contributed by atoms with van der Waals surface area (Å²) in [6.45, 7) is 2.20. The lowest BCUT2D eigenvalue weighted by Gasteiger charge is -2.14. The van der Waals surface area contributed by atoms with E-state index in [1.165, 1.54) is 7.05 Å². The maximum absolute atomic E-state index is 11.7. The Morgan fingerprint density at radius 3 is 2.76 bits per heavy atom. The summed E-state index contributed by atoms with van der Waals surface area (Å²) in [6.07, 6.45) is 1.74. The molecule has 1 aromatic heterocycles. The summed E-state index contributed by atoms with van der Waals surface area (Å²) in [6, 6.07) is 8.80. The van der Waals surface area contributed by atoms with Gasteiger partial charge in [0.25, 0.3) is 0 Å². The second-order valence-corrected chi connectivity index (χ2v) is 4.66. The molecule has 1 unspecified atom stereocenters. The van der Waals surface area contributed by atoms with Crippen LogP contribution >= 0.6 is 0 Å². The van der Waals surface area contributed by atoms with Crippen molar-refractivity contribution < 1.29 is 9.59 Å². The molecular weight excluding hydrogens is 268 g/mol. The minimum atomic E-state index is -0.513. The number of nitrogens with zero attached hydrogens (tertiary/aromatic N) is 1. The number of amides is 3. The van der Waals surface area contributed by atoms with Gasteiger partial charge in [0, 0.05) is 25.2 Å². The van der Waals surface area contributed by atoms with Crippen LogP contribution in [0.5, 0.6) is 0 Å². The number of benzene rings is 1. The summed E-state index contributed by atoms with van der Waals surface area (Å²) in [4.78, 5) is 27.2. The van der Waals surface area contributed by atoms with Crippen molar-refractivity contribution in [3.05, 3.63) is 42.1 Å². The van der Waals surface area contributed by atoms with Gasteiger partial charge >= 0.3 is 6.03 Å². The molecular formula is C15H18N4O2. The third-order valence-corrected chi connectivity index (χ3v) is 3.17. The molecule has 1 atom stereocenters. The van der Waals surface area contributed by atoms with Gasteiger partial charge in [-0.1, -0.05) is 24.3 Å². The normalized spacial score (nSPS) is 11.9. The first-order chi connectivity index (χ1) is 10.1. The lowest BCUT2D eigenvalue weighted by molar-refractivity contribution is -0.121. The van der Waals surface area contributed by atoms with E-state index in [0.717, 1.165) is 16.5 Å². The maximum Gasteiger partial charge on any atom is 0.321 e. The van der Waals surface area contributed by atoms with Crippen LogP contribution in [0.25, 0.3) is 10.9 Å². The molecule has 3 amide bonds. The molecule has 0 saturated heterocycles. The quantitative estimate of drug-likeness (QED) is 0.788. The first-order valence-electron chi connectivity index (χ1n) is 6.70. The highest BCUT2D eigenvalue weighted by molar-refractivity contribution is 5.96. The van der Waals surface area contributed by atoms with E-state index in [4.69, 9.17) is 0 Å². The molecule has 1 heterocycles. The number of para-hydroxylation sites is 1. The molecule has 0 saturated carbocycles. The number of nitrogens with one attached hydrogen (secondary N) is 3. The van der Waals surface area contributed by atoms with Crippen LogP contribution in [-0.2, 0) is 11.3 Å². The Bertz CT molecular complexity index is 652. The zero-order chi connectivity index (χ0) is 15.2. The molecule has 0 bridgehead atoms. The smallest absolute Gasteiger partial charge is 0.321 e. The molecule has 6 heteroatoms. The lowest BCUT2D eigenvalue weighted by atomic mass is 10.1. The third-order valence-electron chi connectivity index (χ3n) is 3.17. The largest absolute Gasteiger partial charge is 0.341 e.